The van der Waals surface area contributed by atoms with Crippen LogP contribution < -0.4 is 5.32 Å². The Morgan fingerprint density at radius 1 is 1.47 bits per heavy atom. The van der Waals surface area contributed by atoms with Gasteiger partial charge in [0.15, 0.2) is 0 Å². The molecule has 0 bridgehead atoms. The van der Waals surface area contributed by atoms with Gasteiger partial charge in [0.25, 0.3) is 0 Å². The molecule has 0 saturated heterocycles. The summed E-state index contributed by atoms with van der Waals surface area (Å²) in [4.78, 5) is 11.8. The van der Waals surface area contributed by atoms with Gasteiger partial charge in [-0.05, 0) is 31.2 Å². The van der Waals surface area contributed by atoms with Crippen LogP contribution in [-0.4, -0.2) is 22.0 Å². The number of para-hydroxylation sites is 2. The zero-order chi connectivity index (χ0) is 12.7. The van der Waals surface area contributed by atoms with Gasteiger partial charge in [-0.1, -0.05) is 25.5 Å². The van der Waals surface area contributed by atoms with Crippen molar-refractivity contribution >= 4 is 23.4 Å². The van der Waals surface area contributed by atoms with Crippen molar-refractivity contribution in [2.45, 2.75) is 31.9 Å². The molecule has 1 aromatic rings. The van der Waals surface area contributed by atoms with Gasteiger partial charge in [0.2, 0.25) is 5.91 Å². The molecule has 1 aromatic carbocycles. The third-order valence-corrected chi connectivity index (χ3v) is 3.64. The number of thioether (sulfide) groups is 1. The van der Waals surface area contributed by atoms with Gasteiger partial charge in [-0.15, -0.1) is 11.8 Å². The van der Waals surface area contributed by atoms with Crippen LogP contribution in [0.25, 0.3) is 0 Å². The summed E-state index contributed by atoms with van der Waals surface area (Å²) in [5.74, 6) is 1.03. The lowest BCUT2D eigenvalue weighted by Gasteiger charge is -2.12. The molecule has 0 unspecified atom stereocenters. The topological polar surface area (TPSA) is 49.3 Å². The first kappa shape index (κ1) is 13.9. The summed E-state index contributed by atoms with van der Waals surface area (Å²) in [6.45, 7) is 4.02. The maximum Gasteiger partial charge on any atom is 0.237 e. The quantitative estimate of drug-likeness (QED) is 0.604. The van der Waals surface area contributed by atoms with E-state index in [0.717, 1.165) is 18.6 Å². The molecule has 0 aromatic heterocycles. The van der Waals surface area contributed by atoms with Crippen molar-refractivity contribution in [2.75, 3.05) is 11.1 Å². The van der Waals surface area contributed by atoms with Gasteiger partial charge in [0, 0.05) is 0 Å². The number of nitrogens with one attached hydrogen (secondary N) is 1. The maximum absolute atomic E-state index is 11.8. The molecule has 17 heavy (non-hydrogen) atoms. The fraction of sp³-hybridized carbons (Fsp3) is 0.462. The molecule has 0 heterocycles. The highest BCUT2D eigenvalue weighted by Crippen LogP contribution is 2.23. The van der Waals surface area contributed by atoms with Crippen LogP contribution in [0.1, 0.15) is 26.7 Å². The SMILES string of the molecule is CCCCS[C@@H](C)C(=O)Nc1ccccc1O. The van der Waals surface area contributed by atoms with Gasteiger partial charge in [-0.3, -0.25) is 4.79 Å². The Kier molecular flexibility index (Phi) is 5.91. The first-order chi connectivity index (χ1) is 8.15. The molecule has 1 rings (SSSR count). The Hall–Kier alpha value is -1.16. The normalized spacial score (nSPS) is 12.1. The van der Waals surface area contributed by atoms with E-state index in [4.69, 9.17) is 0 Å². The Morgan fingerprint density at radius 2 is 2.18 bits per heavy atom. The molecule has 0 spiro atoms. The van der Waals surface area contributed by atoms with Crippen molar-refractivity contribution in [1.29, 1.82) is 0 Å². The van der Waals surface area contributed by atoms with Crippen molar-refractivity contribution < 1.29 is 9.90 Å². The molecule has 0 saturated carbocycles. The molecule has 1 atom stereocenters. The maximum atomic E-state index is 11.8. The molecule has 2 N–H and O–H groups in total. The minimum Gasteiger partial charge on any atom is -0.506 e. The monoisotopic (exact) mass is 253 g/mol. The van der Waals surface area contributed by atoms with Gasteiger partial charge in [0.1, 0.15) is 5.75 Å². The Bertz CT molecular complexity index is 368. The highest BCUT2D eigenvalue weighted by atomic mass is 32.2. The minimum atomic E-state index is -0.0962. The van der Waals surface area contributed by atoms with Crippen molar-refractivity contribution in [3.05, 3.63) is 24.3 Å². The van der Waals surface area contributed by atoms with Crippen LogP contribution in [0.2, 0.25) is 0 Å². The average Bonchev–Trinajstić information content (AvgIpc) is 2.32. The number of carbonyl (C=O) groups excluding carboxylic acids is 1. The van der Waals surface area contributed by atoms with Gasteiger partial charge >= 0.3 is 0 Å². The highest BCUT2D eigenvalue weighted by Gasteiger charge is 2.14. The predicted molar refractivity (Wildman–Crippen MR) is 73.6 cm³/mol. The Morgan fingerprint density at radius 3 is 2.82 bits per heavy atom. The van der Waals surface area contributed by atoms with E-state index in [2.05, 4.69) is 12.2 Å². The van der Waals surface area contributed by atoms with E-state index in [1.165, 1.54) is 0 Å². The van der Waals surface area contributed by atoms with E-state index in [9.17, 15) is 9.90 Å². The van der Waals surface area contributed by atoms with Gasteiger partial charge in [-0.25, -0.2) is 0 Å². The second kappa shape index (κ2) is 7.22. The molecule has 4 heteroatoms. The number of phenols is 1. The van der Waals surface area contributed by atoms with Crippen LogP contribution in [0.15, 0.2) is 24.3 Å². The van der Waals surface area contributed by atoms with Crippen LogP contribution in [0.3, 0.4) is 0 Å². The van der Waals surface area contributed by atoms with Crippen molar-refractivity contribution in [3.63, 3.8) is 0 Å². The third-order valence-electron chi connectivity index (χ3n) is 2.40. The molecular formula is C13H19NO2S. The smallest absolute Gasteiger partial charge is 0.237 e. The summed E-state index contributed by atoms with van der Waals surface area (Å²) >= 11 is 1.64. The minimum absolute atomic E-state index is 0.0624. The van der Waals surface area contributed by atoms with E-state index in [-0.39, 0.29) is 16.9 Å². The number of rotatable bonds is 6. The zero-order valence-electron chi connectivity index (χ0n) is 10.3. The number of phenolic OH excluding ortho intramolecular Hbond substituents is 1. The summed E-state index contributed by atoms with van der Waals surface area (Å²) in [6.07, 6.45) is 2.26. The first-order valence-electron chi connectivity index (χ1n) is 5.85. The molecule has 3 nitrogen and oxygen atoms in total. The Balaban J connectivity index is 2.46. The van der Waals surface area contributed by atoms with E-state index in [1.54, 1.807) is 36.0 Å². The van der Waals surface area contributed by atoms with Crippen LogP contribution in [0.4, 0.5) is 5.69 Å². The van der Waals surface area contributed by atoms with Crippen molar-refractivity contribution in [3.8, 4) is 5.75 Å². The lowest BCUT2D eigenvalue weighted by molar-refractivity contribution is -0.115. The molecule has 94 valence electrons. The number of hydrogen-bond donors (Lipinski definition) is 2. The lowest BCUT2D eigenvalue weighted by Crippen LogP contribution is -2.22. The molecule has 0 aliphatic rings. The van der Waals surface area contributed by atoms with Gasteiger partial charge in [-0.2, -0.15) is 0 Å². The second-order valence-corrected chi connectivity index (χ2v) is 5.32. The first-order valence-corrected chi connectivity index (χ1v) is 6.90. The van der Waals surface area contributed by atoms with E-state index < -0.39 is 0 Å². The molecule has 1 amide bonds. The second-order valence-electron chi connectivity index (χ2n) is 3.87. The van der Waals surface area contributed by atoms with E-state index in [1.807, 2.05) is 6.92 Å². The van der Waals surface area contributed by atoms with Crippen molar-refractivity contribution in [1.82, 2.24) is 0 Å². The number of hydrogen-bond acceptors (Lipinski definition) is 3. The molecular weight excluding hydrogens is 234 g/mol. The summed E-state index contributed by atoms with van der Waals surface area (Å²) in [5, 5.41) is 12.2. The lowest BCUT2D eigenvalue weighted by atomic mass is 10.3. The number of aromatic hydroxyl groups is 1. The van der Waals surface area contributed by atoms with Crippen LogP contribution in [0.5, 0.6) is 5.75 Å². The molecule has 0 aliphatic carbocycles. The van der Waals surface area contributed by atoms with Crippen molar-refractivity contribution in [2.24, 2.45) is 0 Å². The largest absolute Gasteiger partial charge is 0.506 e. The molecule has 0 aliphatic heterocycles. The number of unbranched alkanes of at least 4 members (excludes halogenated alkanes) is 1. The van der Waals surface area contributed by atoms with Gasteiger partial charge in [0.05, 0.1) is 10.9 Å². The fourth-order valence-corrected chi connectivity index (χ4v) is 2.31. The third kappa shape index (κ3) is 4.69. The molecule has 0 radical (unpaired) electrons. The average molecular weight is 253 g/mol. The highest BCUT2D eigenvalue weighted by molar-refractivity contribution is 8.00. The summed E-state index contributed by atoms with van der Waals surface area (Å²) in [6, 6.07) is 6.76. The summed E-state index contributed by atoms with van der Waals surface area (Å²) in [5.41, 5.74) is 0.473. The van der Waals surface area contributed by atoms with Crippen LogP contribution in [-0.2, 0) is 4.79 Å². The number of benzene rings is 1. The van der Waals surface area contributed by atoms with E-state index in [0.29, 0.717) is 5.69 Å². The summed E-state index contributed by atoms with van der Waals surface area (Å²) < 4.78 is 0. The number of carbonyl (C=O) groups is 1. The molecule has 0 fully saturated rings. The Labute approximate surface area is 107 Å². The predicted octanol–water partition coefficient (Wildman–Crippen LogP) is 3.25. The van der Waals surface area contributed by atoms with Crippen LogP contribution in [0, 0.1) is 0 Å². The standard InChI is InChI=1S/C13H19NO2S/c1-3-4-9-17-10(2)13(16)14-11-7-5-6-8-12(11)15/h5-8,10,15H,3-4,9H2,1-2H3,(H,14,16)/t10-/m0/s1. The van der Waals surface area contributed by atoms with E-state index >= 15 is 0 Å². The number of amides is 1. The van der Waals surface area contributed by atoms with Gasteiger partial charge < -0.3 is 10.4 Å². The summed E-state index contributed by atoms with van der Waals surface area (Å²) in [7, 11) is 0. The fourth-order valence-electron chi connectivity index (χ4n) is 1.29. The number of anilines is 1. The zero-order valence-corrected chi connectivity index (χ0v) is 11.1. The van der Waals surface area contributed by atoms with Crippen LogP contribution >= 0.6 is 11.8 Å².